The van der Waals surface area contributed by atoms with Crippen LogP contribution >= 0.6 is 0 Å². The number of rotatable bonds is 5. The molecule has 3 aliphatic heterocycles. The van der Waals surface area contributed by atoms with Crippen molar-refractivity contribution in [2.24, 2.45) is 5.92 Å². The average Bonchev–Trinajstić information content (AvgIpc) is 3.93. The molecule has 2 aliphatic carbocycles. The molecule has 1 radical (unpaired) electrons. The molecule has 1 aromatic carbocycles. The summed E-state index contributed by atoms with van der Waals surface area (Å²) in [5, 5.41) is 4.79. The van der Waals surface area contributed by atoms with Crippen LogP contribution in [0.4, 0.5) is 14.0 Å². The van der Waals surface area contributed by atoms with Gasteiger partial charge in [-0.1, -0.05) is 37.1 Å². The number of nitrogens with one attached hydrogen (secondary N) is 3. The van der Waals surface area contributed by atoms with E-state index in [1.807, 2.05) is 12.2 Å². The molecule has 3 heterocycles. The second-order valence-electron chi connectivity index (χ2n) is 15.2. The molecule has 0 spiro atoms. The summed E-state index contributed by atoms with van der Waals surface area (Å²) in [6, 6.07) is 2.30. The summed E-state index contributed by atoms with van der Waals surface area (Å²) >= 11 is 0. The van der Waals surface area contributed by atoms with Crippen LogP contribution in [0.25, 0.3) is 0 Å². The van der Waals surface area contributed by atoms with Crippen molar-refractivity contribution >= 4 is 69.5 Å². The molecule has 5 atom stereocenters. The molecule has 3 fully saturated rings. The van der Waals surface area contributed by atoms with Crippen LogP contribution in [0, 0.1) is 11.7 Å². The predicted molar refractivity (Wildman–Crippen MR) is 186 cm³/mol. The van der Waals surface area contributed by atoms with Crippen LogP contribution in [0.5, 0.6) is 0 Å². The van der Waals surface area contributed by atoms with Gasteiger partial charge in [-0.2, -0.15) is 0 Å². The van der Waals surface area contributed by atoms with Crippen molar-refractivity contribution in [1.82, 2.24) is 25.2 Å². The number of sulfonamides is 1. The number of fused-ring (bicyclic) bond motifs is 3. The molecule has 0 bridgehead atoms. The van der Waals surface area contributed by atoms with Gasteiger partial charge >= 0.3 is 12.2 Å². The Morgan fingerprint density at radius 3 is 2.50 bits per heavy atom. The summed E-state index contributed by atoms with van der Waals surface area (Å²) in [5.74, 6) is -3.06. The van der Waals surface area contributed by atoms with Crippen LogP contribution in [-0.2, 0) is 47.0 Å². The van der Waals surface area contributed by atoms with Crippen molar-refractivity contribution in [2.45, 2.75) is 126 Å². The van der Waals surface area contributed by atoms with Gasteiger partial charge in [-0.3, -0.25) is 24.0 Å². The summed E-state index contributed by atoms with van der Waals surface area (Å²) in [6.07, 6.45) is 5.10. The van der Waals surface area contributed by atoms with Crippen LogP contribution in [-0.4, -0.2) is 119 Å². The van der Waals surface area contributed by atoms with E-state index in [9.17, 15) is 36.8 Å². The smallest absolute Gasteiger partial charge is 0.410 e. The minimum absolute atomic E-state index is 0. The standard InChI is InChI=1S/C35H46FN5O9S.Na/c1-34(2,3)50-32(45)37-27-13-8-6-4-5-7-11-22-17-35(22,31(44)39-51(47,48)24-14-15-24)38-29(42)28-16-23(19-41(28)30(27)43)49-33(46)40-18-21-10-9-12-26(36)25(21)20-40;/h7,9-12,22-24,27-28H,4-6,8,13-20H2,1-3H3,(H,37,45)(H,38,42)(H,39,44);/b11-7-;/t22-,23-,27+,28+,35-;/m1./s1. The summed E-state index contributed by atoms with van der Waals surface area (Å²) in [5.41, 5.74) is -1.36. The number of carbonyl (C=O) groups is 5. The van der Waals surface area contributed by atoms with Crippen molar-refractivity contribution in [3.63, 3.8) is 0 Å². The molecule has 5 amide bonds. The molecule has 0 aromatic heterocycles. The van der Waals surface area contributed by atoms with Crippen LogP contribution in [0.1, 0.15) is 89.7 Å². The molecule has 3 N–H and O–H groups in total. The number of ether oxygens (including phenoxy) is 2. The second-order valence-corrected chi connectivity index (χ2v) is 17.2. The molecule has 2 saturated carbocycles. The van der Waals surface area contributed by atoms with Gasteiger partial charge in [0.2, 0.25) is 21.8 Å². The van der Waals surface area contributed by atoms with Gasteiger partial charge < -0.3 is 25.0 Å². The number of hydrogen-bond donors (Lipinski definition) is 3. The Balaban J connectivity index is 0.00000523. The van der Waals surface area contributed by atoms with E-state index in [0.717, 1.165) is 12.8 Å². The number of halogens is 1. The minimum Gasteiger partial charge on any atom is -0.444 e. The zero-order valence-corrected chi connectivity index (χ0v) is 32.9. The minimum atomic E-state index is -3.92. The monoisotopic (exact) mass is 754 g/mol. The first-order valence-electron chi connectivity index (χ1n) is 17.6. The fraction of sp³-hybridized carbons (Fsp3) is 0.629. The van der Waals surface area contributed by atoms with E-state index in [2.05, 4.69) is 15.4 Å². The number of allylic oxidation sites excluding steroid dienone is 1. The molecule has 279 valence electrons. The van der Waals surface area contributed by atoms with Crippen LogP contribution in [0.15, 0.2) is 30.4 Å². The van der Waals surface area contributed by atoms with Crippen molar-refractivity contribution in [3.8, 4) is 0 Å². The van der Waals surface area contributed by atoms with Crippen LogP contribution in [0.2, 0.25) is 0 Å². The number of alkyl carbamates (subject to hydrolysis) is 1. The van der Waals surface area contributed by atoms with Gasteiger partial charge in [-0.15, -0.1) is 0 Å². The zero-order chi connectivity index (χ0) is 36.7. The van der Waals surface area contributed by atoms with Gasteiger partial charge in [0.25, 0.3) is 5.91 Å². The first-order valence-corrected chi connectivity index (χ1v) is 19.2. The molecule has 52 heavy (non-hydrogen) atoms. The van der Waals surface area contributed by atoms with Gasteiger partial charge in [-0.25, -0.2) is 22.4 Å². The van der Waals surface area contributed by atoms with Crippen molar-refractivity contribution < 1.29 is 46.3 Å². The third kappa shape index (κ3) is 9.11. The molecule has 6 rings (SSSR count). The molecule has 1 saturated heterocycles. The van der Waals surface area contributed by atoms with Crippen molar-refractivity contribution in [3.05, 3.63) is 47.3 Å². The third-order valence-electron chi connectivity index (χ3n) is 9.99. The maximum Gasteiger partial charge on any atom is 0.410 e. The molecular weight excluding hydrogens is 708 g/mol. The topological polar surface area (TPSA) is 181 Å². The first kappa shape index (κ1) is 40.0. The van der Waals surface area contributed by atoms with E-state index >= 15 is 0 Å². The predicted octanol–water partition coefficient (Wildman–Crippen LogP) is 2.76. The van der Waals surface area contributed by atoms with Gasteiger partial charge in [-0.05, 0) is 70.9 Å². The van der Waals surface area contributed by atoms with E-state index in [0.29, 0.717) is 36.8 Å². The van der Waals surface area contributed by atoms with Gasteiger partial charge in [0.05, 0.1) is 18.3 Å². The van der Waals surface area contributed by atoms with E-state index in [-0.39, 0.29) is 68.5 Å². The normalized spacial score (nSPS) is 28.4. The van der Waals surface area contributed by atoms with Gasteiger partial charge in [0.1, 0.15) is 35.1 Å². The molecule has 0 unspecified atom stereocenters. The maximum atomic E-state index is 14.4. The Kier molecular flexibility index (Phi) is 12.0. The van der Waals surface area contributed by atoms with E-state index in [4.69, 9.17) is 9.47 Å². The average molecular weight is 755 g/mol. The third-order valence-corrected chi connectivity index (χ3v) is 11.8. The van der Waals surface area contributed by atoms with Gasteiger partial charge in [0.15, 0.2) is 0 Å². The Bertz CT molecular complexity index is 1730. The fourth-order valence-electron chi connectivity index (χ4n) is 7.02. The van der Waals surface area contributed by atoms with Crippen LogP contribution < -0.4 is 15.4 Å². The van der Waals surface area contributed by atoms with Gasteiger partial charge in [0, 0.05) is 54.0 Å². The Morgan fingerprint density at radius 1 is 1.06 bits per heavy atom. The number of nitrogens with zero attached hydrogens (tertiary/aromatic N) is 2. The van der Waals surface area contributed by atoms with E-state index in [1.54, 1.807) is 32.9 Å². The molecule has 14 nitrogen and oxygen atoms in total. The molecule has 1 aromatic rings. The second kappa shape index (κ2) is 15.6. The van der Waals surface area contributed by atoms with Crippen molar-refractivity contribution in [2.75, 3.05) is 6.54 Å². The number of hydrogen-bond acceptors (Lipinski definition) is 9. The summed E-state index contributed by atoms with van der Waals surface area (Å²) in [6.45, 7) is 5.01. The molecular formula is C35H46FN5NaO9S. The summed E-state index contributed by atoms with van der Waals surface area (Å²) in [4.78, 5) is 70.8. The first-order chi connectivity index (χ1) is 24.1. The number of amides is 5. The van der Waals surface area contributed by atoms with Crippen molar-refractivity contribution in [1.29, 1.82) is 0 Å². The molecule has 5 aliphatic rings. The fourth-order valence-corrected chi connectivity index (χ4v) is 8.39. The SMILES string of the molecule is CC(C)(C)OC(=O)N[C@H]1CCCCC/C=C\[C@@H]2C[C@@]2(C(=O)NS(=O)(=O)C2CC2)NC(=O)[C@@H]2C[C@@H](OC(=O)N3Cc4cccc(F)c4C3)CN2C1=O.[Na]. The van der Waals surface area contributed by atoms with Crippen LogP contribution in [0.3, 0.4) is 0 Å². The van der Waals surface area contributed by atoms with E-state index < -0.39 is 86.2 Å². The molecule has 17 heteroatoms. The number of carbonyl (C=O) groups excluding carboxylic acids is 5. The summed E-state index contributed by atoms with van der Waals surface area (Å²) < 4.78 is 53.3. The Labute approximate surface area is 325 Å². The quantitative estimate of drug-likeness (QED) is 0.301. The Hall–Kier alpha value is -3.21. The summed E-state index contributed by atoms with van der Waals surface area (Å²) in [7, 11) is -3.92. The Morgan fingerprint density at radius 2 is 1.81 bits per heavy atom. The maximum absolute atomic E-state index is 14.4. The largest absolute Gasteiger partial charge is 0.444 e. The zero-order valence-electron chi connectivity index (χ0n) is 30.1. The van der Waals surface area contributed by atoms with E-state index in [1.165, 1.54) is 15.9 Å². The number of benzene rings is 1.